The number of nitro benzene ring substituents is 1. The topological polar surface area (TPSA) is 55.2 Å². The van der Waals surface area contributed by atoms with Gasteiger partial charge in [0.05, 0.1) is 4.92 Å². The largest absolute Gasteiger partial charge is 0.381 e. The Morgan fingerprint density at radius 2 is 2.00 bits per heavy atom. The molecule has 0 spiro atoms. The molecule has 4 nitrogen and oxygen atoms in total. The van der Waals surface area contributed by atoms with Crippen molar-refractivity contribution < 1.29 is 13.7 Å². The number of aryl methyl sites for hydroxylation is 1. The summed E-state index contributed by atoms with van der Waals surface area (Å²) in [5, 5.41) is 13.5. The highest BCUT2D eigenvalue weighted by molar-refractivity contribution is 5.47. The van der Waals surface area contributed by atoms with Gasteiger partial charge in [0, 0.05) is 23.9 Å². The van der Waals surface area contributed by atoms with Gasteiger partial charge in [0.15, 0.2) is 0 Å². The summed E-state index contributed by atoms with van der Waals surface area (Å²) in [4.78, 5) is 9.86. The summed E-state index contributed by atoms with van der Waals surface area (Å²) in [5.74, 6) is -1.27. The zero-order valence-electron chi connectivity index (χ0n) is 10.7. The summed E-state index contributed by atoms with van der Waals surface area (Å²) in [7, 11) is 0. The molecule has 0 aliphatic rings. The van der Waals surface area contributed by atoms with Crippen LogP contribution in [0.3, 0.4) is 0 Å². The lowest BCUT2D eigenvalue weighted by Crippen LogP contribution is -2.04. The zero-order chi connectivity index (χ0) is 14.7. The minimum atomic E-state index is -0.877. The van der Waals surface area contributed by atoms with E-state index >= 15 is 0 Å². The van der Waals surface area contributed by atoms with Crippen molar-refractivity contribution in [2.75, 3.05) is 5.32 Å². The average Bonchev–Trinajstić information content (AvgIpc) is 2.36. The lowest BCUT2D eigenvalue weighted by Gasteiger charge is -2.08. The van der Waals surface area contributed by atoms with Crippen LogP contribution in [0.4, 0.5) is 20.2 Å². The van der Waals surface area contributed by atoms with Crippen molar-refractivity contribution in [1.29, 1.82) is 0 Å². The molecule has 1 N–H and O–H groups in total. The Balaban J connectivity index is 2.19. The molecule has 2 aromatic rings. The first-order valence-corrected chi connectivity index (χ1v) is 5.90. The molecule has 0 radical (unpaired) electrons. The molecule has 6 heteroatoms. The van der Waals surface area contributed by atoms with Gasteiger partial charge >= 0.3 is 5.69 Å². The van der Waals surface area contributed by atoms with Gasteiger partial charge in [0.2, 0.25) is 5.82 Å². The van der Waals surface area contributed by atoms with Gasteiger partial charge in [-0.1, -0.05) is 12.1 Å². The number of anilines is 1. The predicted molar refractivity (Wildman–Crippen MR) is 71.5 cm³/mol. The minimum Gasteiger partial charge on any atom is -0.381 e. The Bertz CT molecular complexity index is 639. The Hall–Kier alpha value is -2.50. The molecular weight excluding hydrogens is 266 g/mol. The molecule has 2 rings (SSSR count). The van der Waals surface area contributed by atoms with Crippen LogP contribution in [0.25, 0.3) is 0 Å². The molecule has 0 fully saturated rings. The third-order valence-corrected chi connectivity index (χ3v) is 2.78. The average molecular weight is 278 g/mol. The highest BCUT2D eigenvalue weighted by Crippen LogP contribution is 2.21. The van der Waals surface area contributed by atoms with Crippen LogP contribution in [0.5, 0.6) is 0 Å². The number of halogens is 2. The lowest BCUT2D eigenvalue weighted by molar-refractivity contribution is -0.387. The number of hydrogen-bond donors (Lipinski definition) is 1. The SMILES string of the molecule is Cc1cc(F)cc(NCc2cccc([N+](=O)[O-])c2F)c1. The van der Waals surface area contributed by atoms with Crippen LogP contribution in [0.15, 0.2) is 36.4 Å². The molecular formula is C14H12F2N2O2. The summed E-state index contributed by atoms with van der Waals surface area (Å²) in [6.45, 7) is 1.78. The Labute approximate surface area is 114 Å². The zero-order valence-corrected chi connectivity index (χ0v) is 10.7. The van der Waals surface area contributed by atoms with Crippen LogP contribution < -0.4 is 5.32 Å². The molecule has 0 bridgehead atoms. The van der Waals surface area contributed by atoms with Crippen LogP contribution in [0.2, 0.25) is 0 Å². The summed E-state index contributed by atoms with van der Waals surface area (Å²) in [5.41, 5.74) is 0.807. The van der Waals surface area contributed by atoms with Crippen LogP contribution in [-0.4, -0.2) is 4.92 Å². The van der Waals surface area contributed by atoms with E-state index in [1.54, 1.807) is 13.0 Å². The van der Waals surface area contributed by atoms with E-state index in [1.165, 1.54) is 24.3 Å². The van der Waals surface area contributed by atoms with E-state index in [0.29, 0.717) is 5.69 Å². The molecule has 0 aromatic heterocycles. The van der Waals surface area contributed by atoms with E-state index in [0.717, 1.165) is 11.6 Å². The van der Waals surface area contributed by atoms with E-state index in [1.807, 2.05) is 0 Å². The van der Waals surface area contributed by atoms with Gasteiger partial charge in [-0.15, -0.1) is 0 Å². The molecule has 2 aromatic carbocycles. The molecule has 0 saturated carbocycles. The number of hydrogen-bond acceptors (Lipinski definition) is 3. The molecule has 0 amide bonds. The van der Waals surface area contributed by atoms with Crippen molar-refractivity contribution in [1.82, 2.24) is 0 Å². The van der Waals surface area contributed by atoms with Gasteiger partial charge in [-0.2, -0.15) is 4.39 Å². The monoisotopic (exact) mass is 278 g/mol. The molecule has 20 heavy (non-hydrogen) atoms. The van der Waals surface area contributed by atoms with Crippen LogP contribution in [0.1, 0.15) is 11.1 Å². The first-order valence-electron chi connectivity index (χ1n) is 5.90. The predicted octanol–water partition coefficient (Wildman–Crippen LogP) is 3.79. The van der Waals surface area contributed by atoms with Crippen molar-refractivity contribution in [2.24, 2.45) is 0 Å². The van der Waals surface area contributed by atoms with Crippen LogP contribution in [0, 0.1) is 28.7 Å². The summed E-state index contributed by atoms with van der Waals surface area (Å²) >= 11 is 0. The van der Waals surface area contributed by atoms with Gasteiger partial charge in [-0.25, -0.2) is 4.39 Å². The molecule has 0 atom stereocenters. The Kier molecular flexibility index (Phi) is 3.93. The molecule has 0 saturated heterocycles. The van der Waals surface area contributed by atoms with Crippen LogP contribution >= 0.6 is 0 Å². The van der Waals surface area contributed by atoms with Gasteiger partial charge in [-0.05, 0) is 30.7 Å². The standard InChI is InChI=1S/C14H12F2N2O2/c1-9-5-11(15)7-12(6-9)17-8-10-3-2-4-13(14(10)16)18(19)20/h2-7,17H,8H2,1H3. The smallest absolute Gasteiger partial charge is 0.305 e. The van der Waals surface area contributed by atoms with E-state index in [-0.39, 0.29) is 12.1 Å². The molecule has 0 aliphatic carbocycles. The summed E-state index contributed by atoms with van der Waals surface area (Å²) in [6.07, 6.45) is 0. The maximum Gasteiger partial charge on any atom is 0.305 e. The van der Waals surface area contributed by atoms with Crippen molar-refractivity contribution in [3.8, 4) is 0 Å². The molecule has 0 unspecified atom stereocenters. The van der Waals surface area contributed by atoms with E-state index < -0.39 is 22.2 Å². The number of rotatable bonds is 4. The first kappa shape index (κ1) is 13.9. The summed E-state index contributed by atoms with van der Waals surface area (Å²) in [6, 6.07) is 8.32. The van der Waals surface area contributed by atoms with E-state index in [4.69, 9.17) is 0 Å². The second kappa shape index (κ2) is 5.64. The van der Waals surface area contributed by atoms with Crippen molar-refractivity contribution in [3.05, 3.63) is 69.3 Å². The first-order chi connectivity index (χ1) is 9.47. The number of nitrogens with one attached hydrogen (secondary N) is 1. The lowest BCUT2D eigenvalue weighted by atomic mass is 10.1. The fraction of sp³-hybridized carbons (Fsp3) is 0.143. The van der Waals surface area contributed by atoms with Crippen molar-refractivity contribution >= 4 is 11.4 Å². The third kappa shape index (κ3) is 3.09. The Morgan fingerprint density at radius 1 is 1.25 bits per heavy atom. The van der Waals surface area contributed by atoms with Crippen molar-refractivity contribution in [2.45, 2.75) is 13.5 Å². The summed E-state index contributed by atoms with van der Waals surface area (Å²) < 4.78 is 27.0. The normalized spacial score (nSPS) is 10.3. The van der Waals surface area contributed by atoms with Gasteiger partial charge in [0.1, 0.15) is 5.82 Å². The fourth-order valence-corrected chi connectivity index (χ4v) is 1.88. The molecule has 0 aliphatic heterocycles. The second-order valence-corrected chi connectivity index (χ2v) is 4.38. The number of nitrogens with zero attached hydrogens (tertiary/aromatic N) is 1. The van der Waals surface area contributed by atoms with Gasteiger partial charge in [0.25, 0.3) is 0 Å². The van der Waals surface area contributed by atoms with Crippen LogP contribution in [-0.2, 0) is 6.54 Å². The second-order valence-electron chi connectivity index (χ2n) is 4.38. The van der Waals surface area contributed by atoms with E-state index in [9.17, 15) is 18.9 Å². The van der Waals surface area contributed by atoms with E-state index in [2.05, 4.69) is 5.32 Å². The Morgan fingerprint density at radius 3 is 2.65 bits per heavy atom. The highest BCUT2D eigenvalue weighted by atomic mass is 19.1. The third-order valence-electron chi connectivity index (χ3n) is 2.78. The highest BCUT2D eigenvalue weighted by Gasteiger charge is 2.16. The minimum absolute atomic E-state index is 0.0381. The maximum atomic E-state index is 13.8. The molecule has 104 valence electrons. The van der Waals surface area contributed by atoms with Crippen molar-refractivity contribution in [3.63, 3.8) is 0 Å². The maximum absolute atomic E-state index is 13.8. The molecule has 0 heterocycles. The number of nitro groups is 1. The quantitative estimate of drug-likeness (QED) is 0.683. The number of benzene rings is 2. The fourth-order valence-electron chi connectivity index (χ4n) is 1.88. The van der Waals surface area contributed by atoms with Gasteiger partial charge < -0.3 is 5.32 Å². The van der Waals surface area contributed by atoms with Gasteiger partial charge in [-0.3, -0.25) is 10.1 Å².